The van der Waals surface area contributed by atoms with Crippen molar-refractivity contribution in [2.24, 2.45) is 0 Å². The molecule has 0 unspecified atom stereocenters. The molecule has 16 heavy (non-hydrogen) atoms. The first-order valence-electron chi connectivity index (χ1n) is 5.26. The van der Waals surface area contributed by atoms with Crippen LogP contribution < -0.4 is 0 Å². The van der Waals surface area contributed by atoms with E-state index in [4.69, 9.17) is 0 Å². The predicted octanol–water partition coefficient (Wildman–Crippen LogP) is 4.69. The van der Waals surface area contributed by atoms with E-state index in [1.807, 2.05) is 0 Å². The van der Waals surface area contributed by atoms with E-state index in [9.17, 15) is 4.39 Å². The van der Waals surface area contributed by atoms with Crippen LogP contribution in [0, 0.1) is 17.7 Å². The first-order chi connectivity index (χ1) is 7.68. The molecule has 0 heterocycles. The van der Waals surface area contributed by atoms with E-state index in [-0.39, 0.29) is 5.82 Å². The summed E-state index contributed by atoms with van der Waals surface area (Å²) in [5, 5.41) is 0. The number of allylic oxidation sites excluding steroid dienone is 1. The highest BCUT2D eigenvalue weighted by Crippen LogP contribution is 2.12. The predicted molar refractivity (Wildman–Crippen MR) is 74.9 cm³/mol. The van der Waals surface area contributed by atoms with Gasteiger partial charge in [-0.3, -0.25) is 0 Å². The maximum atomic E-state index is 12.6. The van der Waals surface area contributed by atoms with Crippen LogP contribution in [0.4, 0.5) is 4.39 Å². The van der Waals surface area contributed by atoms with Gasteiger partial charge in [0.1, 0.15) is 5.82 Å². The van der Waals surface area contributed by atoms with E-state index in [1.165, 1.54) is 15.7 Å². The molecule has 2 heteroatoms. The molecule has 0 radical (unpaired) electrons. The molecule has 0 spiro atoms. The van der Waals surface area contributed by atoms with Crippen LogP contribution in [0.15, 0.2) is 34.4 Å². The molecule has 0 aliphatic heterocycles. The van der Waals surface area contributed by atoms with Gasteiger partial charge in [-0.15, -0.1) is 0 Å². The van der Waals surface area contributed by atoms with Crippen LogP contribution in [-0.2, 0) is 0 Å². The molecule has 1 rings (SSSR count). The minimum Gasteiger partial charge on any atom is -0.207 e. The molecule has 0 nitrogen and oxygen atoms in total. The van der Waals surface area contributed by atoms with Gasteiger partial charge in [0.25, 0.3) is 0 Å². The van der Waals surface area contributed by atoms with Crippen LogP contribution in [0.5, 0.6) is 0 Å². The summed E-state index contributed by atoms with van der Waals surface area (Å²) in [4.78, 5) is 0. The summed E-state index contributed by atoms with van der Waals surface area (Å²) in [6.45, 7) is 3.84. The summed E-state index contributed by atoms with van der Waals surface area (Å²) < 4.78 is 13.8. The standard InChI is InChI=1S/C14H14FI/c1-12(16)6-4-2-3-5-7-13-8-10-14(15)11-9-13/h8-11H,1-4,6H2. The van der Waals surface area contributed by atoms with Gasteiger partial charge < -0.3 is 0 Å². The fourth-order valence-electron chi connectivity index (χ4n) is 1.23. The van der Waals surface area contributed by atoms with E-state index in [1.54, 1.807) is 12.1 Å². The molecule has 0 atom stereocenters. The van der Waals surface area contributed by atoms with Gasteiger partial charge in [-0.2, -0.15) is 0 Å². The monoisotopic (exact) mass is 328 g/mol. The molecule has 84 valence electrons. The summed E-state index contributed by atoms with van der Waals surface area (Å²) in [5.41, 5.74) is 0.875. The molecule has 1 aromatic rings. The highest BCUT2D eigenvalue weighted by Gasteiger charge is 1.90. The Morgan fingerprint density at radius 3 is 2.56 bits per heavy atom. The molecule has 1 aromatic carbocycles. The van der Waals surface area contributed by atoms with Gasteiger partial charge in [0.05, 0.1) is 0 Å². The third kappa shape index (κ3) is 5.92. The largest absolute Gasteiger partial charge is 0.207 e. The van der Waals surface area contributed by atoms with Crippen molar-refractivity contribution in [2.45, 2.75) is 25.7 Å². The minimum atomic E-state index is -0.217. The number of hydrogen-bond donors (Lipinski definition) is 0. The first-order valence-corrected chi connectivity index (χ1v) is 6.34. The first kappa shape index (κ1) is 13.2. The second-order valence-corrected chi connectivity index (χ2v) is 5.06. The second-order valence-electron chi connectivity index (χ2n) is 3.53. The van der Waals surface area contributed by atoms with Gasteiger partial charge in [-0.05, 0) is 69.7 Å². The smallest absolute Gasteiger partial charge is 0.123 e. The van der Waals surface area contributed by atoms with Crippen molar-refractivity contribution in [2.75, 3.05) is 0 Å². The lowest BCUT2D eigenvalue weighted by Gasteiger charge is -1.94. The zero-order valence-electron chi connectivity index (χ0n) is 9.10. The highest BCUT2D eigenvalue weighted by atomic mass is 127. The normalized spacial score (nSPS) is 9.38. The lowest BCUT2D eigenvalue weighted by Crippen LogP contribution is -1.77. The second kappa shape index (κ2) is 7.45. The number of hydrogen-bond acceptors (Lipinski definition) is 0. The average Bonchev–Trinajstić information content (AvgIpc) is 2.25. The molecular formula is C14H14FI. The Morgan fingerprint density at radius 2 is 1.94 bits per heavy atom. The van der Waals surface area contributed by atoms with Crippen molar-refractivity contribution in [3.63, 3.8) is 0 Å². The molecule has 0 amide bonds. The lowest BCUT2D eigenvalue weighted by atomic mass is 10.2. The van der Waals surface area contributed by atoms with Crippen LogP contribution in [0.1, 0.15) is 31.2 Å². The fourth-order valence-corrected chi connectivity index (χ4v) is 1.61. The van der Waals surface area contributed by atoms with Crippen molar-refractivity contribution in [3.8, 4) is 11.8 Å². The van der Waals surface area contributed by atoms with Crippen molar-refractivity contribution < 1.29 is 4.39 Å². The summed E-state index contributed by atoms with van der Waals surface area (Å²) in [5.74, 6) is 5.89. The minimum absolute atomic E-state index is 0.217. The number of halogens is 2. The zero-order chi connectivity index (χ0) is 11.8. The zero-order valence-corrected chi connectivity index (χ0v) is 11.3. The van der Waals surface area contributed by atoms with E-state index in [2.05, 4.69) is 41.0 Å². The molecule has 0 saturated heterocycles. The summed E-state index contributed by atoms with van der Waals surface area (Å²) in [7, 11) is 0. The Kier molecular flexibility index (Phi) is 6.17. The molecule has 0 saturated carbocycles. The van der Waals surface area contributed by atoms with Gasteiger partial charge >= 0.3 is 0 Å². The Bertz CT molecular complexity index is 395. The third-order valence-corrected chi connectivity index (χ3v) is 2.62. The molecule has 0 aromatic heterocycles. The van der Waals surface area contributed by atoms with Gasteiger partial charge in [0.15, 0.2) is 0 Å². The quantitative estimate of drug-likeness (QED) is 0.427. The topological polar surface area (TPSA) is 0 Å². The van der Waals surface area contributed by atoms with Crippen molar-refractivity contribution in [1.29, 1.82) is 0 Å². The average molecular weight is 328 g/mol. The molecule has 0 aliphatic carbocycles. The van der Waals surface area contributed by atoms with Crippen molar-refractivity contribution in [3.05, 3.63) is 45.8 Å². The number of unbranched alkanes of at least 4 members (excludes halogenated alkanes) is 2. The summed E-state index contributed by atoms with van der Waals surface area (Å²) >= 11 is 2.25. The Labute approximate surface area is 110 Å². The number of benzene rings is 1. The Hall–Kier alpha value is -0.820. The Morgan fingerprint density at radius 1 is 1.25 bits per heavy atom. The van der Waals surface area contributed by atoms with Crippen LogP contribution in [-0.4, -0.2) is 0 Å². The molecule has 0 N–H and O–H groups in total. The third-order valence-electron chi connectivity index (χ3n) is 2.08. The maximum Gasteiger partial charge on any atom is 0.123 e. The van der Waals surface area contributed by atoms with Gasteiger partial charge in [0, 0.05) is 12.0 Å². The van der Waals surface area contributed by atoms with Crippen LogP contribution in [0.25, 0.3) is 0 Å². The maximum absolute atomic E-state index is 12.6. The molecular weight excluding hydrogens is 314 g/mol. The van der Waals surface area contributed by atoms with Gasteiger partial charge in [-0.1, -0.05) is 18.4 Å². The summed E-state index contributed by atoms with van der Waals surface area (Å²) in [6.07, 6.45) is 4.19. The molecule has 0 bridgehead atoms. The van der Waals surface area contributed by atoms with E-state index in [0.29, 0.717) is 0 Å². The van der Waals surface area contributed by atoms with E-state index in [0.717, 1.165) is 31.2 Å². The Balaban J connectivity index is 2.27. The van der Waals surface area contributed by atoms with E-state index >= 15 is 0 Å². The van der Waals surface area contributed by atoms with E-state index < -0.39 is 0 Å². The highest BCUT2D eigenvalue weighted by molar-refractivity contribution is 14.1. The fraction of sp³-hybridized carbons (Fsp3) is 0.286. The van der Waals surface area contributed by atoms with Crippen molar-refractivity contribution >= 4 is 22.6 Å². The number of rotatable bonds is 4. The van der Waals surface area contributed by atoms with Crippen molar-refractivity contribution in [1.82, 2.24) is 0 Å². The van der Waals surface area contributed by atoms with Gasteiger partial charge in [-0.25, -0.2) is 4.39 Å². The molecule has 0 fully saturated rings. The SMILES string of the molecule is C=C(I)CCCCC#Cc1ccc(F)cc1. The summed E-state index contributed by atoms with van der Waals surface area (Å²) in [6, 6.07) is 6.28. The van der Waals surface area contributed by atoms with Crippen LogP contribution in [0.3, 0.4) is 0 Å². The molecule has 0 aliphatic rings. The lowest BCUT2D eigenvalue weighted by molar-refractivity contribution is 0.627. The van der Waals surface area contributed by atoms with Crippen LogP contribution >= 0.6 is 22.6 Å². The van der Waals surface area contributed by atoms with Gasteiger partial charge in [0.2, 0.25) is 0 Å². The van der Waals surface area contributed by atoms with Crippen LogP contribution in [0.2, 0.25) is 0 Å².